The minimum absolute atomic E-state index is 0.413. The van der Waals surface area contributed by atoms with E-state index >= 15 is 0 Å². The third kappa shape index (κ3) is 8.59. The SMILES string of the molecule is C=C(CC(=O)OC(=O)/C=C(/C)C(=O)OC(=O)CC(=C)C(=O)O)C(=O)O. The Bertz CT molecular complexity index is 695. The first-order valence-corrected chi connectivity index (χ1v) is 6.44. The molecule has 134 valence electrons. The van der Waals surface area contributed by atoms with Gasteiger partial charge in [-0.25, -0.2) is 19.2 Å². The number of carbonyl (C=O) groups excluding carboxylic acids is 4. The van der Waals surface area contributed by atoms with Crippen molar-refractivity contribution in [3.05, 3.63) is 36.0 Å². The summed E-state index contributed by atoms with van der Waals surface area (Å²) in [6.45, 7) is 7.22. The van der Waals surface area contributed by atoms with E-state index in [-0.39, 0.29) is 0 Å². The van der Waals surface area contributed by atoms with Gasteiger partial charge in [0.15, 0.2) is 0 Å². The first-order valence-electron chi connectivity index (χ1n) is 6.44. The second-order valence-corrected chi connectivity index (χ2v) is 4.55. The molecular formula is C15H14O10. The maximum atomic E-state index is 11.5. The van der Waals surface area contributed by atoms with E-state index in [0.29, 0.717) is 6.08 Å². The summed E-state index contributed by atoms with van der Waals surface area (Å²) in [4.78, 5) is 66.4. The maximum Gasteiger partial charge on any atom is 0.341 e. The number of rotatable bonds is 8. The van der Waals surface area contributed by atoms with Gasteiger partial charge in [0.25, 0.3) is 0 Å². The molecule has 0 aliphatic rings. The van der Waals surface area contributed by atoms with E-state index in [4.69, 9.17) is 10.2 Å². The lowest BCUT2D eigenvalue weighted by molar-refractivity contribution is -0.159. The van der Waals surface area contributed by atoms with Gasteiger partial charge in [0, 0.05) is 22.8 Å². The second-order valence-electron chi connectivity index (χ2n) is 4.55. The molecule has 25 heavy (non-hydrogen) atoms. The van der Waals surface area contributed by atoms with Gasteiger partial charge in [0.1, 0.15) is 0 Å². The van der Waals surface area contributed by atoms with Crippen molar-refractivity contribution in [2.24, 2.45) is 0 Å². The van der Waals surface area contributed by atoms with E-state index in [9.17, 15) is 28.8 Å². The molecule has 0 saturated heterocycles. The van der Waals surface area contributed by atoms with Crippen molar-refractivity contribution in [2.45, 2.75) is 19.8 Å². The third-order valence-electron chi connectivity index (χ3n) is 2.40. The Kier molecular flexibility index (Phi) is 8.19. The van der Waals surface area contributed by atoms with Crippen LogP contribution in [0.1, 0.15) is 19.8 Å². The monoisotopic (exact) mass is 354 g/mol. The standard InChI is InChI=1S/C15H14O10/c1-7(13(19)20)4-10(16)24-11(17)6-9(3)15(23)25-12(18)5-8(2)14(21)22/h6H,1-2,4-5H2,3H3,(H,19,20)(H,21,22)/b9-6-. The fourth-order valence-corrected chi connectivity index (χ4v) is 1.13. The highest BCUT2D eigenvalue weighted by Gasteiger charge is 2.19. The summed E-state index contributed by atoms with van der Waals surface area (Å²) in [5, 5.41) is 17.1. The topological polar surface area (TPSA) is 161 Å². The number of carboxylic acids is 2. The van der Waals surface area contributed by atoms with Crippen LogP contribution in [0.4, 0.5) is 0 Å². The van der Waals surface area contributed by atoms with Crippen LogP contribution in [0.2, 0.25) is 0 Å². The molecule has 0 unspecified atom stereocenters. The number of carbonyl (C=O) groups is 6. The van der Waals surface area contributed by atoms with Crippen LogP contribution in [0.5, 0.6) is 0 Å². The summed E-state index contributed by atoms with van der Waals surface area (Å²) in [6.07, 6.45) is -0.939. The molecule has 0 atom stereocenters. The summed E-state index contributed by atoms with van der Waals surface area (Å²) in [6, 6.07) is 0. The lowest BCUT2D eigenvalue weighted by atomic mass is 10.2. The van der Waals surface area contributed by atoms with Gasteiger partial charge in [0.05, 0.1) is 12.8 Å². The molecule has 0 spiro atoms. The van der Waals surface area contributed by atoms with Crippen molar-refractivity contribution in [2.75, 3.05) is 0 Å². The molecule has 0 amide bonds. The van der Waals surface area contributed by atoms with Crippen LogP contribution in [0.15, 0.2) is 36.0 Å². The number of hydrogen-bond donors (Lipinski definition) is 2. The quantitative estimate of drug-likeness (QED) is 0.348. The summed E-state index contributed by atoms with van der Waals surface area (Å²) in [5.41, 5.74) is -1.41. The number of aliphatic carboxylic acids is 2. The van der Waals surface area contributed by atoms with Crippen molar-refractivity contribution >= 4 is 35.8 Å². The van der Waals surface area contributed by atoms with Crippen molar-refractivity contribution in [3.63, 3.8) is 0 Å². The number of esters is 4. The predicted molar refractivity (Wildman–Crippen MR) is 78.7 cm³/mol. The maximum absolute atomic E-state index is 11.5. The lowest BCUT2D eigenvalue weighted by Gasteiger charge is -2.04. The Labute approximate surface area is 141 Å². The molecule has 0 aliphatic carbocycles. The van der Waals surface area contributed by atoms with Gasteiger partial charge in [-0.05, 0) is 6.92 Å². The van der Waals surface area contributed by atoms with Crippen molar-refractivity contribution < 1.29 is 48.5 Å². The number of carboxylic acid groups (broad SMARTS) is 2. The minimum Gasteiger partial charge on any atom is -0.478 e. The molecule has 0 heterocycles. The molecule has 10 heteroatoms. The molecule has 0 aliphatic heterocycles. The van der Waals surface area contributed by atoms with Gasteiger partial charge in [-0.1, -0.05) is 13.2 Å². The van der Waals surface area contributed by atoms with Crippen LogP contribution < -0.4 is 0 Å². The van der Waals surface area contributed by atoms with Crippen LogP contribution in [-0.4, -0.2) is 46.0 Å². The van der Waals surface area contributed by atoms with Crippen LogP contribution in [-0.2, 0) is 38.2 Å². The van der Waals surface area contributed by atoms with Crippen LogP contribution in [0.3, 0.4) is 0 Å². The van der Waals surface area contributed by atoms with Crippen LogP contribution in [0.25, 0.3) is 0 Å². The van der Waals surface area contributed by atoms with Crippen molar-refractivity contribution in [1.82, 2.24) is 0 Å². The normalized spacial score (nSPS) is 10.4. The average molecular weight is 354 g/mol. The zero-order valence-electron chi connectivity index (χ0n) is 13.1. The Balaban J connectivity index is 4.63. The zero-order chi connectivity index (χ0) is 19.7. The Morgan fingerprint density at radius 1 is 0.840 bits per heavy atom. The van der Waals surface area contributed by atoms with E-state index in [1.54, 1.807) is 0 Å². The fraction of sp³-hybridized carbons (Fsp3) is 0.200. The first kappa shape index (κ1) is 21.4. The Hall–Kier alpha value is -3.56. The highest BCUT2D eigenvalue weighted by molar-refractivity contribution is 6.04. The Morgan fingerprint density at radius 3 is 1.64 bits per heavy atom. The molecule has 0 aromatic rings. The van der Waals surface area contributed by atoms with Crippen LogP contribution >= 0.6 is 0 Å². The van der Waals surface area contributed by atoms with Gasteiger partial charge in [0.2, 0.25) is 0 Å². The van der Waals surface area contributed by atoms with Gasteiger partial charge < -0.3 is 19.7 Å². The first-order chi connectivity index (χ1) is 11.4. The Morgan fingerprint density at radius 2 is 1.24 bits per heavy atom. The highest BCUT2D eigenvalue weighted by atomic mass is 16.6. The van der Waals surface area contributed by atoms with E-state index < -0.39 is 65.4 Å². The van der Waals surface area contributed by atoms with Gasteiger partial charge in [-0.15, -0.1) is 0 Å². The zero-order valence-corrected chi connectivity index (χ0v) is 13.1. The van der Waals surface area contributed by atoms with Gasteiger partial charge >= 0.3 is 35.8 Å². The van der Waals surface area contributed by atoms with E-state index in [2.05, 4.69) is 22.6 Å². The largest absolute Gasteiger partial charge is 0.478 e. The third-order valence-corrected chi connectivity index (χ3v) is 2.40. The molecule has 2 N–H and O–H groups in total. The summed E-state index contributed by atoms with van der Waals surface area (Å²) >= 11 is 0. The van der Waals surface area contributed by atoms with E-state index in [1.165, 1.54) is 0 Å². The number of ether oxygens (including phenoxy) is 2. The molecule has 0 rings (SSSR count). The lowest BCUT2D eigenvalue weighted by Crippen LogP contribution is -2.17. The van der Waals surface area contributed by atoms with E-state index in [0.717, 1.165) is 6.92 Å². The minimum atomic E-state index is -1.44. The van der Waals surface area contributed by atoms with Gasteiger partial charge in [-0.3, -0.25) is 9.59 Å². The predicted octanol–water partition coefficient (Wildman–Crippen LogP) is 0.134. The summed E-state index contributed by atoms with van der Waals surface area (Å²) in [5.74, 6) is -7.85. The highest BCUT2D eigenvalue weighted by Crippen LogP contribution is 2.05. The van der Waals surface area contributed by atoms with Crippen molar-refractivity contribution in [3.8, 4) is 0 Å². The van der Waals surface area contributed by atoms with Crippen LogP contribution in [0, 0.1) is 0 Å². The number of hydrogen-bond acceptors (Lipinski definition) is 8. The molecule has 10 nitrogen and oxygen atoms in total. The smallest absolute Gasteiger partial charge is 0.341 e. The van der Waals surface area contributed by atoms with E-state index in [1.807, 2.05) is 0 Å². The fourth-order valence-electron chi connectivity index (χ4n) is 1.13. The molecule has 0 aromatic heterocycles. The van der Waals surface area contributed by atoms with Crippen molar-refractivity contribution in [1.29, 1.82) is 0 Å². The molecule has 0 fully saturated rings. The average Bonchev–Trinajstić information content (AvgIpc) is 2.45. The summed E-state index contributed by atoms with van der Waals surface area (Å²) < 4.78 is 8.51. The molecule has 0 bridgehead atoms. The van der Waals surface area contributed by atoms with Gasteiger partial charge in [-0.2, -0.15) is 0 Å². The molecular weight excluding hydrogens is 340 g/mol. The summed E-state index contributed by atoms with van der Waals surface area (Å²) in [7, 11) is 0. The molecule has 0 saturated carbocycles. The molecule has 0 aromatic carbocycles. The molecule has 0 radical (unpaired) electrons. The second kappa shape index (κ2) is 9.55.